The maximum atomic E-state index is 12.1. The molecule has 1 aliphatic heterocycles. The summed E-state index contributed by atoms with van der Waals surface area (Å²) in [5, 5.41) is 0. The zero-order valence-corrected chi connectivity index (χ0v) is 13.1. The van der Waals surface area contributed by atoms with Gasteiger partial charge >= 0.3 is 0 Å². The Morgan fingerprint density at radius 1 is 1.42 bits per heavy atom. The summed E-state index contributed by atoms with van der Waals surface area (Å²) < 4.78 is 0. The molecular weight excluding hydrogens is 236 g/mol. The van der Waals surface area contributed by atoms with Crippen LogP contribution in [0.3, 0.4) is 0 Å². The maximum absolute atomic E-state index is 12.1. The number of Topliss-reactive ketones (excluding diaryl/α,β-unsaturated/α-hetero) is 1. The van der Waals surface area contributed by atoms with Gasteiger partial charge in [-0.25, -0.2) is 0 Å². The summed E-state index contributed by atoms with van der Waals surface area (Å²) in [7, 11) is 4.41. The number of ketones is 1. The van der Waals surface area contributed by atoms with E-state index in [-0.39, 0.29) is 5.92 Å². The van der Waals surface area contributed by atoms with Crippen LogP contribution in [0.1, 0.15) is 46.0 Å². The molecule has 0 amide bonds. The number of carbonyl (C=O) groups excluding carboxylic acids is 1. The van der Waals surface area contributed by atoms with Crippen LogP contribution < -0.4 is 0 Å². The first-order valence-corrected chi connectivity index (χ1v) is 7.79. The first kappa shape index (κ1) is 15.0. The molecule has 0 aromatic heterocycles. The van der Waals surface area contributed by atoms with Gasteiger partial charge in [0.2, 0.25) is 0 Å². The molecular formula is C16H30N2O. The number of likely N-dealkylation sites (N-methyl/N-ethyl adjacent to an activating group) is 2. The fourth-order valence-corrected chi connectivity index (χ4v) is 3.71. The van der Waals surface area contributed by atoms with Gasteiger partial charge < -0.3 is 9.80 Å². The molecule has 0 radical (unpaired) electrons. The van der Waals surface area contributed by atoms with Gasteiger partial charge in [0.15, 0.2) is 0 Å². The van der Waals surface area contributed by atoms with E-state index in [0.717, 1.165) is 32.4 Å². The lowest BCUT2D eigenvalue weighted by Crippen LogP contribution is -2.48. The number of rotatable bonds is 3. The molecule has 0 spiro atoms. The van der Waals surface area contributed by atoms with Crippen molar-refractivity contribution in [3.63, 3.8) is 0 Å². The van der Waals surface area contributed by atoms with Crippen LogP contribution in [-0.4, -0.2) is 55.4 Å². The van der Waals surface area contributed by atoms with Crippen molar-refractivity contribution < 1.29 is 4.79 Å². The highest BCUT2D eigenvalue weighted by molar-refractivity contribution is 5.82. The van der Waals surface area contributed by atoms with Crippen LogP contribution in [0.15, 0.2) is 0 Å². The predicted molar refractivity (Wildman–Crippen MR) is 79.3 cm³/mol. The Kier molecular flexibility index (Phi) is 4.67. The molecule has 2 atom stereocenters. The normalized spacial score (nSPS) is 32.8. The summed E-state index contributed by atoms with van der Waals surface area (Å²) in [5.74, 6) is 0.760. The summed E-state index contributed by atoms with van der Waals surface area (Å²) in [6, 6.07) is 0.636. The fourth-order valence-electron chi connectivity index (χ4n) is 3.71. The number of hydrogen-bond acceptors (Lipinski definition) is 3. The lowest BCUT2D eigenvalue weighted by atomic mass is 9.71. The number of likely N-dealkylation sites (tertiary alicyclic amines) is 1. The summed E-state index contributed by atoms with van der Waals surface area (Å²) in [6.45, 7) is 7.95. The third-order valence-electron chi connectivity index (χ3n) is 5.03. The average Bonchev–Trinajstić information content (AvgIpc) is 2.33. The standard InChI is InChI=1S/C16H30N2O/c1-16(2)8-7-15(19)13(10-16)11-18(4)14-6-5-9-17(3)12-14/h13-14H,5-12H2,1-4H3. The minimum absolute atomic E-state index is 0.265. The Labute approximate surface area is 118 Å². The van der Waals surface area contributed by atoms with Crippen molar-refractivity contribution in [3.8, 4) is 0 Å². The number of nitrogens with zero attached hydrogens (tertiary/aromatic N) is 2. The fraction of sp³-hybridized carbons (Fsp3) is 0.938. The van der Waals surface area contributed by atoms with Gasteiger partial charge in [0, 0.05) is 31.5 Å². The van der Waals surface area contributed by atoms with Crippen molar-refractivity contribution >= 4 is 5.78 Å². The number of piperidine rings is 1. The molecule has 19 heavy (non-hydrogen) atoms. The lowest BCUT2D eigenvalue weighted by molar-refractivity contribution is -0.128. The van der Waals surface area contributed by atoms with E-state index in [4.69, 9.17) is 0 Å². The minimum atomic E-state index is 0.265. The monoisotopic (exact) mass is 266 g/mol. The smallest absolute Gasteiger partial charge is 0.137 e. The zero-order chi connectivity index (χ0) is 14.0. The molecule has 1 aliphatic carbocycles. The van der Waals surface area contributed by atoms with E-state index in [1.54, 1.807) is 0 Å². The summed E-state index contributed by atoms with van der Waals surface area (Å²) >= 11 is 0. The second-order valence-corrected chi connectivity index (χ2v) is 7.53. The maximum Gasteiger partial charge on any atom is 0.137 e. The van der Waals surface area contributed by atoms with Gasteiger partial charge in [-0.2, -0.15) is 0 Å². The zero-order valence-electron chi connectivity index (χ0n) is 13.1. The molecule has 0 aromatic rings. The highest BCUT2D eigenvalue weighted by atomic mass is 16.1. The molecule has 2 unspecified atom stereocenters. The predicted octanol–water partition coefficient (Wildman–Crippen LogP) is 2.41. The van der Waals surface area contributed by atoms with Gasteiger partial charge in [0.1, 0.15) is 5.78 Å². The Balaban J connectivity index is 1.90. The molecule has 2 fully saturated rings. The van der Waals surface area contributed by atoms with E-state index in [0.29, 0.717) is 17.2 Å². The van der Waals surface area contributed by atoms with Gasteiger partial charge in [-0.05, 0) is 51.7 Å². The SMILES string of the molecule is CN1CCCC(N(C)CC2CC(C)(C)CCC2=O)C1. The van der Waals surface area contributed by atoms with E-state index in [1.807, 2.05) is 0 Å². The van der Waals surface area contributed by atoms with Crippen LogP contribution in [0.25, 0.3) is 0 Å². The molecule has 110 valence electrons. The van der Waals surface area contributed by atoms with Crippen molar-refractivity contribution in [1.29, 1.82) is 0 Å². The third kappa shape index (κ3) is 4.03. The highest BCUT2D eigenvalue weighted by Crippen LogP contribution is 2.37. The first-order chi connectivity index (χ1) is 8.87. The summed E-state index contributed by atoms with van der Waals surface area (Å²) in [6.07, 6.45) is 5.49. The van der Waals surface area contributed by atoms with Crippen molar-refractivity contribution in [2.24, 2.45) is 11.3 Å². The van der Waals surface area contributed by atoms with Crippen molar-refractivity contribution in [3.05, 3.63) is 0 Å². The van der Waals surface area contributed by atoms with Gasteiger partial charge in [-0.3, -0.25) is 4.79 Å². The Morgan fingerprint density at radius 3 is 2.84 bits per heavy atom. The minimum Gasteiger partial charge on any atom is -0.305 e. The van der Waals surface area contributed by atoms with E-state index in [2.05, 4.69) is 37.7 Å². The van der Waals surface area contributed by atoms with Gasteiger partial charge in [-0.15, -0.1) is 0 Å². The van der Waals surface area contributed by atoms with Crippen molar-refractivity contribution in [2.45, 2.75) is 52.0 Å². The van der Waals surface area contributed by atoms with E-state index in [1.165, 1.54) is 19.4 Å². The third-order valence-corrected chi connectivity index (χ3v) is 5.03. The Bertz CT molecular complexity index is 327. The lowest BCUT2D eigenvalue weighted by Gasteiger charge is -2.40. The van der Waals surface area contributed by atoms with Crippen LogP contribution in [-0.2, 0) is 4.79 Å². The van der Waals surface area contributed by atoms with Crippen LogP contribution in [0.4, 0.5) is 0 Å². The summed E-state index contributed by atoms with van der Waals surface area (Å²) in [4.78, 5) is 17.0. The number of hydrogen-bond donors (Lipinski definition) is 0. The van der Waals surface area contributed by atoms with Crippen molar-refractivity contribution in [1.82, 2.24) is 9.80 Å². The average molecular weight is 266 g/mol. The molecule has 1 heterocycles. The van der Waals surface area contributed by atoms with Crippen LogP contribution in [0.5, 0.6) is 0 Å². The van der Waals surface area contributed by atoms with Crippen LogP contribution in [0.2, 0.25) is 0 Å². The molecule has 1 saturated carbocycles. The Hall–Kier alpha value is -0.410. The molecule has 1 saturated heterocycles. The second-order valence-electron chi connectivity index (χ2n) is 7.53. The Morgan fingerprint density at radius 2 is 2.16 bits per heavy atom. The van der Waals surface area contributed by atoms with Gasteiger partial charge in [0.25, 0.3) is 0 Å². The van der Waals surface area contributed by atoms with Crippen LogP contribution >= 0.6 is 0 Å². The van der Waals surface area contributed by atoms with Gasteiger partial charge in [0.05, 0.1) is 0 Å². The first-order valence-electron chi connectivity index (χ1n) is 7.79. The molecule has 2 aliphatic rings. The second kappa shape index (κ2) is 5.92. The molecule has 0 N–H and O–H groups in total. The molecule has 0 bridgehead atoms. The van der Waals surface area contributed by atoms with Gasteiger partial charge in [-0.1, -0.05) is 13.8 Å². The van der Waals surface area contributed by atoms with Crippen molar-refractivity contribution in [2.75, 3.05) is 33.7 Å². The molecule has 3 heteroatoms. The topological polar surface area (TPSA) is 23.6 Å². The van der Waals surface area contributed by atoms with Crippen LogP contribution in [0, 0.1) is 11.3 Å². The van der Waals surface area contributed by atoms with E-state index in [9.17, 15) is 4.79 Å². The quantitative estimate of drug-likeness (QED) is 0.784. The molecule has 2 rings (SSSR count). The highest BCUT2D eigenvalue weighted by Gasteiger charge is 2.35. The largest absolute Gasteiger partial charge is 0.305 e. The van der Waals surface area contributed by atoms with E-state index < -0.39 is 0 Å². The molecule has 3 nitrogen and oxygen atoms in total. The number of carbonyl (C=O) groups is 1. The van der Waals surface area contributed by atoms with E-state index >= 15 is 0 Å². The molecule has 0 aromatic carbocycles. The summed E-state index contributed by atoms with van der Waals surface area (Å²) in [5.41, 5.74) is 0.350.